The molecule has 7 heteroatoms. The van der Waals surface area contributed by atoms with Gasteiger partial charge in [0.15, 0.2) is 0 Å². The van der Waals surface area contributed by atoms with Gasteiger partial charge < -0.3 is 0 Å². The number of benzene rings is 3. The van der Waals surface area contributed by atoms with Gasteiger partial charge in [-0.25, -0.2) is 13.7 Å². The topological polar surface area (TPSA) is 52.7 Å². The lowest BCUT2D eigenvalue weighted by Crippen LogP contribution is -2.37. The van der Waals surface area contributed by atoms with E-state index in [0.717, 1.165) is 11.1 Å². The summed E-state index contributed by atoms with van der Waals surface area (Å²) in [5, 5.41) is 2.62. The first-order valence-electron chi connectivity index (χ1n) is 9.58. The lowest BCUT2D eigenvalue weighted by atomic mass is 10.2. The first-order chi connectivity index (χ1) is 14.4. The van der Waals surface area contributed by atoms with Gasteiger partial charge in [0.05, 0.1) is 5.56 Å². The minimum Gasteiger partial charge on any atom is -0.278 e. The number of carbonyl (C=O) groups excluding carboxylic acids is 1. The number of hydrogen-bond acceptors (Lipinski definition) is 2. The Bertz CT molecular complexity index is 979. The Morgan fingerprint density at radius 2 is 1.23 bits per heavy atom. The summed E-state index contributed by atoms with van der Waals surface area (Å²) in [6.45, 7) is 0.712. The van der Waals surface area contributed by atoms with Gasteiger partial charge >= 0.3 is 7.59 Å². The minimum absolute atomic E-state index is 0.140. The van der Waals surface area contributed by atoms with Crippen LogP contribution in [0.2, 0.25) is 0 Å². The Hall–Kier alpha value is -2.79. The largest absolute Gasteiger partial charge is 0.311 e. The highest BCUT2D eigenvalue weighted by Gasteiger charge is 2.35. The van der Waals surface area contributed by atoms with Crippen LogP contribution in [0.5, 0.6) is 0 Å². The molecule has 3 aromatic carbocycles. The highest BCUT2D eigenvalue weighted by Crippen LogP contribution is 2.49. The maximum Gasteiger partial charge on any atom is 0.311 e. The van der Waals surface area contributed by atoms with E-state index in [9.17, 15) is 13.8 Å². The van der Waals surface area contributed by atoms with Gasteiger partial charge in [-0.2, -0.15) is 0 Å². The number of nitrogens with one attached hydrogen (secondary N) is 1. The minimum atomic E-state index is -3.57. The molecule has 0 saturated heterocycles. The lowest BCUT2D eigenvalue weighted by Gasteiger charge is -2.35. The van der Waals surface area contributed by atoms with Gasteiger partial charge in [-0.3, -0.25) is 14.4 Å². The third-order valence-corrected chi connectivity index (χ3v) is 7.43. The van der Waals surface area contributed by atoms with Gasteiger partial charge in [0.2, 0.25) is 0 Å². The third-order valence-electron chi connectivity index (χ3n) is 4.80. The Balaban J connectivity index is 1.89. The van der Waals surface area contributed by atoms with E-state index >= 15 is 0 Å². The van der Waals surface area contributed by atoms with Crippen molar-refractivity contribution in [3.8, 4) is 0 Å². The van der Waals surface area contributed by atoms with Crippen molar-refractivity contribution in [2.45, 2.75) is 13.1 Å². The molecule has 0 saturated carbocycles. The second-order valence-corrected chi connectivity index (χ2v) is 9.74. The molecule has 3 rings (SSSR count). The molecule has 1 N–H and O–H groups in total. The van der Waals surface area contributed by atoms with Crippen molar-refractivity contribution in [1.29, 1.82) is 0 Å². The molecular weight excluding hydrogens is 400 g/mol. The molecule has 30 heavy (non-hydrogen) atoms. The Morgan fingerprint density at radius 3 is 1.70 bits per heavy atom. The summed E-state index contributed by atoms with van der Waals surface area (Å²) >= 11 is 0. The van der Waals surface area contributed by atoms with E-state index in [1.165, 1.54) is 18.2 Å². The standard InChI is InChI=1S/C23H25FN3O2P/c1-26(17-19-11-5-3-6-12-19)30(29,27(2)18-20-13-7-4-8-14-20)25-23(28)21-15-9-10-16-22(21)24/h3-16H,17-18H2,1-2H3,(H,25,28,29). The van der Waals surface area contributed by atoms with E-state index < -0.39 is 19.3 Å². The van der Waals surface area contributed by atoms with Gasteiger partial charge in [-0.05, 0) is 37.4 Å². The second kappa shape index (κ2) is 9.81. The van der Waals surface area contributed by atoms with Crippen molar-refractivity contribution in [2.75, 3.05) is 14.1 Å². The molecule has 5 nitrogen and oxygen atoms in total. The van der Waals surface area contributed by atoms with Gasteiger partial charge in [-0.15, -0.1) is 0 Å². The Kier molecular flexibility index (Phi) is 7.16. The molecule has 0 aliphatic carbocycles. The third kappa shape index (κ3) is 5.22. The molecule has 0 aromatic heterocycles. The van der Waals surface area contributed by atoms with Crippen molar-refractivity contribution in [3.63, 3.8) is 0 Å². The SMILES string of the molecule is CN(Cc1ccccc1)P(=O)(NC(=O)c1ccccc1F)N(C)Cc1ccccc1. The summed E-state index contributed by atoms with van der Waals surface area (Å²) in [6.07, 6.45) is 0. The molecule has 1 amide bonds. The molecule has 0 aliphatic rings. The van der Waals surface area contributed by atoms with E-state index in [2.05, 4.69) is 5.09 Å². The van der Waals surface area contributed by atoms with E-state index in [-0.39, 0.29) is 5.56 Å². The van der Waals surface area contributed by atoms with Crippen LogP contribution in [0.4, 0.5) is 4.39 Å². The van der Waals surface area contributed by atoms with Crippen LogP contribution in [0.1, 0.15) is 21.5 Å². The number of rotatable bonds is 8. The summed E-state index contributed by atoms with van der Waals surface area (Å²) in [4.78, 5) is 12.8. The van der Waals surface area contributed by atoms with Crippen molar-refractivity contribution in [3.05, 3.63) is 107 Å². The number of hydrogen-bond donors (Lipinski definition) is 1. The van der Waals surface area contributed by atoms with Crippen LogP contribution < -0.4 is 5.09 Å². The smallest absolute Gasteiger partial charge is 0.278 e. The highest BCUT2D eigenvalue weighted by molar-refractivity contribution is 7.57. The maximum absolute atomic E-state index is 14.1. The molecule has 0 unspecified atom stereocenters. The van der Waals surface area contributed by atoms with E-state index in [1.54, 1.807) is 29.5 Å². The average molecular weight is 425 g/mol. The fourth-order valence-corrected chi connectivity index (χ4v) is 5.11. The predicted octanol–water partition coefficient (Wildman–Crippen LogP) is 4.93. The summed E-state index contributed by atoms with van der Waals surface area (Å²) in [6, 6.07) is 24.8. The van der Waals surface area contributed by atoms with Crippen molar-refractivity contribution < 1.29 is 13.8 Å². The zero-order valence-electron chi connectivity index (χ0n) is 17.0. The summed E-state index contributed by atoms with van der Waals surface area (Å²) < 4.78 is 31.5. The molecule has 0 spiro atoms. The van der Waals surface area contributed by atoms with Crippen LogP contribution in [0.25, 0.3) is 0 Å². The number of nitrogens with zero attached hydrogens (tertiary/aromatic N) is 2. The first-order valence-corrected chi connectivity index (χ1v) is 11.2. The van der Waals surface area contributed by atoms with Crippen LogP contribution in [-0.2, 0) is 17.7 Å². The normalized spacial score (nSPS) is 11.6. The van der Waals surface area contributed by atoms with Crippen LogP contribution in [0.15, 0.2) is 84.9 Å². The fourth-order valence-electron chi connectivity index (χ4n) is 3.16. The lowest BCUT2D eigenvalue weighted by molar-refractivity contribution is 0.0970. The Morgan fingerprint density at radius 1 is 0.800 bits per heavy atom. The number of amides is 1. The molecule has 156 valence electrons. The van der Waals surface area contributed by atoms with Crippen molar-refractivity contribution >= 4 is 13.5 Å². The summed E-state index contributed by atoms with van der Waals surface area (Å²) in [5.41, 5.74) is 1.76. The molecule has 0 aliphatic heterocycles. The molecule has 3 aromatic rings. The Labute approximate surface area is 176 Å². The monoisotopic (exact) mass is 425 g/mol. The molecule has 0 radical (unpaired) electrons. The van der Waals surface area contributed by atoms with Gasteiger partial charge in [-0.1, -0.05) is 72.8 Å². The molecule has 0 heterocycles. The predicted molar refractivity (Wildman–Crippen MR) is 117 cm³/mol. The molecule has 0 atom stereocenters. The molecule has 0 fully saturated rings. The van der Waals surface area contributed by atoms with Crippen LogP contribution >= 0.6 is 7.59 Å². The van der Waals surface area contributed by atoms with Crippen LogP contribution in [-0.4, -0.2) is 29.3 Å². The number of carbonyl (C=O) groups is 1. The fraction of sp³-hybridized carbons (Fsp3) is 0.174. The zero-order valence-corrected chi connectivity index (χ0v) is 17.9. The summed E-state index contributed by atoms with van der Waals surface area (Å²) in [7, 11) is -0.191. The first kappa shape index (κ1) is 21.9. The average Bonchev–Trinajstić information content (AvgIpc) is 2.75. The van der Waals surface area contributed by atoms with Crippen LogP contribution in [0, 0.1) is 5.82 Å². The van der Waals surface area contributed by atoms with E-state index in [0.29, 0.717) is 13.1 Å². The molecule has 0 bridgehead atoms. The van der Waals surface area contributed by atoms with Crippen molar-refractivity contribution in [2.24, 2.45) is 0 Å². The van der Waals surface area contributed by atoms with Gasteiger partial charge in [0.25, 0.3) is 5.91 Å². The van der Waals surface area contributed by atoms with Crippen molar-refractivity contribution in [1.82, 2.24) is 14.4 Å². The van der Waals surface area contributed by atoms with Gasteiger partial charge in [0, 0.05) is 13.1 Å². The van der Waals surface area contributed by atoms with Gasteiger partial charge in [0.1, 0.15) is 5.82 Å². The summed E-state index contributed by atoms with van der Waals surface area (Å²) in [5.74, 6) is -1.37. The zero-order chi connectivity index (χ0) is 21.6. The quantitative estimate of drug-likeness (QED) is 0.520. The maximum atomic E-state index is 14.1. The number of halogens is 1. The van der Waals surface area contributed by atoms with E-state index in [1.807, 2.05) is 60.7 Å². The second-order valence-electron chi connectivity index (χ2n) is 7.07. The molecular formula is C23H25FN3O2P. The highest BCUT2D eigenvalue weighted by atomic mass is 31.2. The van der Waals surface area contributed by atoms with Crippen LogP contribution in [0.3, 0.4) is 0 Å². The van der Waals surface area contributed by atoms with E-state index in [4.69, 9.17) is 0 Å².